The molecule has 82 valence electrons. The van der Waals surface area contributed by atoms with E-state index in [2.05, 4.69) is 23.7 Å². The molecule has 0 N–H and O–H groups in total. The van der Waals surface area contributed by atoms with Gasteiger partial charge in [-0.05, 0) is 32.4 Å². The van der Waals surface area contributed by atoms with Crippen LogP contribution in [0, 0.1) is 0 Å². The van der Waals surface area contributed by atoms with E-state index >= 15 is 0 Å². The van der Waals surface area contributed by atoms with Gasteiger partial charge in [-0.1, -0.05) is 0 Å². The minimum atomic E-state index is 0.330. The third-order valence-corrected chi connectivity index (χ3v) is 2.84. The van der Waals surface area contributed by atoms with Crippen molar-refractivity contribution in [1.29, 1.82) is 0 Å². The number of nitrogens with zero attached hydrogens (tertiary/aromatic N) is 2. The molecule has 1 aliphatic rings. The van der Waals surface area contributed by atoms with Crippen molar-refractivity contribution in [3.63, 3.8) is 0 Å². The first-order valence-corrected chi connectivity index (χ1v) is 5.56. The lowest BCUT2D eigenvalue weighted by molar-refractivity contribution is 0.186. The Hall–Kier alpha value is -1.09. The zero-order chi connectivity index (χ0) is 10.7. The Bertz CT molecular complexity index is 300. The first-order chi connectivity index (χ1) is 7.25. The van der Waals surface area contributed by atoms with Crippen LogP contribution >= 0.6 is 0 Å². The van der Waals surface area contributed by atoms with Crippen molar-refractivity contribution in [1.82, 2.24) is 9.88 Å². The Morgan fingerprint density at radius 3 is 3.00 bits per heavy atom. The van der Waals surface area contributed by atoms with Crippen LogP contribution in [0.4, 0.5) is 0 Å². The zero-order valence-corrected chi connectivity index (χ0v) is 9.39. The van der Waals surface area contributed by atoms with Gasteiger partial charge in [0.1, 0.15) is 11.9 Å². The number of aromatic nitrogens is 1. The fourth-order valence-corrected chi connectivity index (χ4v) is 1.93. The Morgan fingerprint density at radius 2 is 2.40 bits per heavy atom. The van der Waals surface area contributed by atoms with Crippen LogP contribution in [0.5, 0.6) is 5.75 Å². The molecule has 1 unspecified atom stereocenters. The van der Waals surface area contributed by atoms with E-state index < -0.39 is 0 Å². The maximum atomic E-state index is 5.85. The topological polar surface area (TPSA) is 25.4 Å². The van der Waals surface area contributed by atoms with E-state index in [0.29, 0.717) is 12.1 Å². The van der Waals surface area contributed by atoms with Gasteiger partial charge in [-0.3, -0.25) is 9.88 Å². The van der Waals surface area contributed by atoms with Crippen molar-refractivity contribution in [3.8, 4) is 5.75 Å². The van der Waals surface area contributed by atoms with Gasteiger partial charge in [0.2, 0.25) is 0 Å². The quantitative estimate of drug-likeness (QED) is 0.755. The lowest BCUT2D eigenvalue weighted by Crippen LogP contribution is -2.30. The molecule has 1 saturated heterocycles. The van der Waals surface area contributed by atoms with Crippen LogP contribution in [-0.4, -0.2) is 35.1 Å². The van der Waals surface area contributed by atoms with Crippen molar-refractivity contribution >= 4 is 0 Å². The summed E-state index contributed by atoms with van der Waals surface area (Å²) in [7, 11) is 0. The average molecular weight is 206 g/mol. The molecule has 1 aromatic rings. The summed E-state index contributed by atoms with van der Waals surface area (Å²) < 4.78 is 5.85. The number of hydrogen-bond donors (Lipinski definition) is 0. The van der Waals surface area contributed by atoms with Gasteiger partial charge in [-0.2, -0.15) is 0 Å². The molecule has 0 saturated carbocycles. The summed E-state index contributed by atoms with van der Waals surface area (Å²) in [4.78, 5) is 6.49. The summed E-state index contributed by atoms with van der Waals surface area (Å²) in [5, 5.41) is 0. The first kappa shape index (κ1) is 10.4. The summed E-state index contributed by atoms with van der Waals surface area (Å²) in [5.74, 6) is 0.883. The molecule has 3 nitrogen and oxygen atoms in total. The van der Waals surface area contributed by atoms with Crippen molar-refractivity contribution in [3.05, 3.63) is 24.5 Å². The molecule has 0 aromatic carbocycles. The predicted octanol–water partition coefficient (Wildman–Crippen LogP) is 1.94. The van der Waals surface area contributed by atoms with Crippen LogP contribution < -0.4 is 4.74 Å². The maximum Gasteiger partial charge on any atom is 0.138 e. The van der Waals surface area contributed by atoms with Crippen LogP contribution in [-0.2, 0) is 0 Å². The van der Waals surface area contributed by atoms with Gasteiger partial charge in [-0.15, -0.1) is 0 Å². The van der Waals surface area contributed by atoms with Crippen molar-refractivity contribution < 1.29 is 4.74 Å². The van der Waals surface area contributed by atoms with E-state index in [4.69, 9.17) is 4.74 Å². The number of hydrogen-bond acceptors (Lipinski definition) is 3. The second-order valence-corrected chi connectivity index (χ2v) is 4.31. The summed E-state index contributed by atoms with van der Waals surface area (Å²) in [6.07, 6.45) is 4.99. The molecular weight excluding hydrogens is 188 g/mol. The molecular formula is C12H18N2O. The molecule has 0 amide bonds. The molecule has 1 aromatic heterocycles. The molecule has 3 heteroatoms. The van der Waals surface area contributed by atoms with E-state index in [9.17, 15) is 0 Å². The zero-order valence-electron chi connectivity index (χ0n) is 9.39. The van der Waals surface area contributed by atoms with Gasteiger partial charge in [-0.25, -0.2) is 0 Å². The average Bonchev–Trinajstić information content (AvgIpc) is 2.68. The van der Waals surface area contributed by atoms with Gasteiger partial charge in [0.15, 0.2) is 0 Å². The van der Waals surface area contributed by atoms with Gasteiger partial charge >= 0.3 is 0 Å². The van der Waals surface area contributed by atoms with Gasteiger partial charge in [0.05, 0.1) is 6.20 Å². The molecule has 0 radical (unpaired) electrons. The summed E-state index contributed by atoms with van der Waals surface area (Å²) in [6, 6.07) is 4.49. The number of likely N-dealkylation sites (tertiary alicyclic amines) is 1. The Labute approximate surface area is 91.1 Å². The summed E-state index contributed by atoms with van der Waals surface area (Å²) >= 11 is 0. The highest BCUT2D eigenvalue weighted by atomic mass is 16.5. The molecule has 0 aliphatic carbocycles. The smallest absolute Gasteiger partial charge is 0.138 e. The lowest BCUT2D eigenvalue weighted by atomic mass is 10.3. The van der Waals surface area contributed by atoms with Crippen LogP contribution in [0.3, 0.4) is 0 Å². The molecule has 0 spiro atoms. The van der Waals surface area contributed by atoms with Crippen LogP contribution in [0.15, 0.2) is 24.5 Å². The highest BCUT2D eigenvalue weighted by molar-refractivity contribution is 5.16. The maximum absolute atomic E-state index is 5.85. The molecule has 1 aliphatic heterocycles. The summed E-state index contributed by atoms with van der Waals surface area (Å²) in [5.41, 5.74) is 0. The molecule has 2 heterocycles. The molecule has 2 rings (SSSR count). The van der Waals surface area contributed by atoms with Crippen molar-refractivity contribution in [2.75, 3.05) is 13.1 Å². The molecule has 1 fully saturated rings. The van der Waals surface area contributed by atoms with Crippen molar-refractivity contribution in [2.24, 2.45) is 0 Å². The molecule has 0 bridgehead atoms. The third-order valence-electron chi connectivity index (χ3n) is 2.84. The SMILES string of the molecule is CC(C)N1CCC(Oc2cccnc2)C1. The minimum absolute atomic E-state index is 0.330. The van der Waals surface area contributed by atoms with E-state index in [1.807, 2.05) is 12.1 Å². The van der Waals surface area contributed by atoms with Gasteiger partial charge in [0.25, 0.3) is 0 Å². The minimum Gasteiger partial charge on any atom is -0.487 e. The fraction of sp³-hybridized carbons (Fsp3) is 0.583. The van der Waals surface area contributed by atoms with Gasteiger partial charge in [0, 0.05) is 25.3 Å². The van der Waals surface area contributed by atoms with Crippen molar-refractivity contribution in [2.45, 2.75) is 32.4 Å². The highest BCUT2D eigenvalue weighted by Gasteiger charge is 2.25. The van der Waals surface area contributed by atoms with E-state index in [1.54, 1.807) is 12.4 Å². The van der Waals surface area contributed by atoms with E-state index in [0.717, 1.165) is 25.3 Å². The highest BCUT2D eigenvalue weighted by Crippen LogP contribution is 2.18. The number of pyridine rings is 1. The fourth-order valence-electron chi connectivity index (χ4n) is 1.93. The predicted molar refractivity (Wildman–Crippen MR) is 60.0 cm³/mol. The first-order valence-electron chi connectivity index (χ1n) is 5.56. The van der Waals surface area contributed by atoms with Gasteiger partial charge < -0.3 is 4.74 Å². The van der Waals surface area contributed by atoms with Crippen LogP contribution in [0.2, 0.25) is 0 Å². The second-order valence-electron chi connectivity index (χ2n) is 4.31. The Kier molecular flexibility index (Phi) is 3.21. The lowest BCUT2D eigenvalue weighted by Gasteiger charge is -2.20. The Morgan fingerprint density at radius 1 is 1.53 bits per heavy atom. The second kappa shape index (κ2) is 4.62. The van der Waals surface area contributed by atoms with E-state index in [-0.39, 0.29) is 0 Å². The number of rotatable bonds is 3. The summed E-state index contributed by atoms with van der Waals surface area (Å²) in [6.45, 7) is 6.63. The van der Waals surface area contributed by atoms with Crippen LogP contribution in [0.1, 0.15) is 20.3 Å². The molecule has 15 heavy (non-hydrogen) atoms. The van der Waals surface area contributed by atoms with Crippen LogP contribution in [0.25, 0.3) is 0 Å². The largest absolute Gasteiger partial charge is 0.487 e. The standard InChI is InChI=1S/C12H18N2O/c1-10(2)14-7-5-12(9-14)15-11-4-3-6-13-8-11/h3-4,6,8,10,12H,5,7,9H2,1-2H3. The molecule has 1 atom stereocenters. The van der Waals surface area contributed by atoms with E-state index in [1.165, 1.54) is 0 Å². The third kappa shape index (κ3) is 2.69. The number of ether oxygens (including phenoxy) is 1. The Balaban J connectivity index is 1.88. The monoisotopic (exact) mass is 206 g/mol. The normalized spacial score (nSPS) is 22.2.